The summed E-state index contributed by atoms with van der Waals surface area (Å²) in [6.45, 7) is 2.00. The first-order valence-corrected chi connectivity index (χ1v) is 5.61. The highest BCUT2D eigenvalue weighted by Gasteiger charge is 1.97. The summed E-state index contributed by atoms with van der Waals surface area (Å²) in [5, 5.41) is 0. The van der Waals surface area contributed by atoms with Gasteiger partial charge in [-0.15, -0.1) is 0 Å². The molecule has 0 aliphatic heterocycles. The van der Waals surface area contributed by atoms with Crippen LogP contribution in [0.25, 0.3) is 0 Å². The third-order valence-corrected chi connectivity index (χ3v) is 4.03. The van der Waals surface area contributed by atoms with Gasteiger partial charge in [0.25, 0.3) is 0 Å². The zero-order chi connectivity index (χ0) is 5.70. The lowest BCUT2D eigenvalue weighted by Crippen LogP contribution is -2.00. The Morgan fingerprint density at radius 3 is 2.29 bits per heavy atom. The van der Waals surface area contributed by atoms with Gasteiger partial charge in [0.2, 0.25) is 0 Å². The molecule has 0 bridgehead atoms. The third kappa shape index (κ3) is 4.20. The molecule has 0 aliphatic rings. The molecule has 0 fully saturated rings. The van der Waals surface area contributed by atoms with Crippen molar-refractivity contribution in [1.82, 2.24) is 0 Å². The predicted molar refractivity (Wildman–Crippen MR) is 35.8 cm³/mol. The van der Waals surface area contributed by atoms with Crippen LogP contribution in [0.3, 0.4) is 0 Å². The molecule has 0 spiro atoms. The van der Waals surface area contributed by atoms with E-state index in [-0.39, 0.29) is 0 Å². The Labute approximate surface area is 48.5 Å². The first-order chi connectivity index (χ1) is 3.31. The van der Waals surface area contributed by atoms with Crippen LogP contribution in [0.5, 0.6) is 0 Å². The normalized spacial score (nSPS) is 17.6. The Balaban J connectivity index is 2.83. The van der Waals surface area contributed by atoms with Crippen molar-refractivity contribution in [2.75, 3.05) is 0 Å². The van der Waals surface area contributed by atoms with Crippen molar-refractivity contribution in [2.24, 2.45) is 0 Å². The van der Waals surface area contributed by atoms with Crippen molar-refractivity contribution >= 4 is 19.5 Å². The molecule has 0 rings (SSSR count). The van der Waals surface area contributed by atoms with Crippen LogP contribution < -0.4 is 0 Å². The van der Waals surface area contributed by atoms with E-state index < -0.39 is 19.5 Å². The topological polar surface area (TPSA) is 40.5 Å². The van der Waals surface area contributed by atoms with Crippen molar-refractivity contribution in [3.8, 4) is 0 Å². The van der Waals surface area contributed by atoms with Crippen LogP contribution in [-0.4, -0.2) is 29.1 Å². The summed E-state index contributed by atoms with van der Waals surface area (Å²) in [5.74, 6) is 0. The smallest absolute Gasteiger partial charge is 0.159 e. The maximum Gasteiger partial charge on any atom is 0.159 e. The van der Waals surface area contributed by atoms with E-state index in [1.54, 1.807) is 0 Å². The molecule has 0 aromatic rings. The van der Waals surface area contributed by atoms with Gasteiger partial charge >= 0.3 is 0 Å². The minimum absolute atomic E-state index is 0.455. The molecule has 7 heavy (non-hydrogen) atoms. The van der Waals surface area contributed by atoms with Crippen molar-refractivity contribution in [3.63, 3.8) is 0 Å². The predicted octanol–water partition coefficient (Wildman–Crippen LogP) is -1.63. The van der Waals surface area contributed by atoms with Crippen LogP contribution in [0.2, 0.25) is 11.6 Å². The van der Waals surface area contributed by atoms with Gasteiger partial charge in [0.05, 0.1) is 0 Å². The summed E-state index contributed by atoms with van der Waals surface area (Å²) in [6, 6.07) is 0.905. The quantitative estimate of drug-likeness (QED) is 0.457. The lowest BCUT2D eigenvalue weighted by Gasteiger charge is -1.99. The van der Waals surface area contributed by atoms with Gasteiger partial charge in [-0.2, -0.15) is 0 Å². The average Bonchev–Trinajstić information content (AvgIpc) is 1.68. The van der Waals surface area contributed by atoms with E-state index in [0.717, 1.165) is 6.04 Å². The molecule has 0 aliphatic carbocycles. The lowest BCUT2D eigenvalue weighted by atomic mass is 10.6. The van der Waals surface area contributed by atoms with E-state index in [0.29, 0.717) is 5.54 Å². The highest BCUT2D eigenvalue weighted by molar-refractivity contribution is 6.34. The first kappa shape index (κ1) is 7.35. The molecule has 1 unspecified atom stereocenters. The van der Waals surface area contributed by atoms with Crippen LogP contribution in [0.4, 0.5) is 0 Å². The van der Waals surface area contributed by atoms with E-state index >= 15 is 0 Å². The second kappa shape index (κ2) is 4.51. The van der Waals surface area contributed by atoms with Crippen LogP contribution in [0.15, 0.2) is 0 Å². The number of rotatable bonds is 3. The molecule has 4 heteroatoms. The van der Waals surface area contributed by atoms with Gasteiger partial charge < -0.3 is 9.59 Å². The molecule has 0 aromatic carbocycles. The van der Waals surface area contributed by atoms with Crippen molar-refractivity contribution in [1.29, 1.82) is 0 Å². The maximum absolute atomic E-state index is 8.52. The minimum atomic E-state index is -0.798. The fourth-order valence-electron chi connectivity index (χ4n) is 0.312. The first-order valence-electron chi connectivity index (χ1n) is 2.53. The highest BCUT2D eigenvalue weighted by Crippen LogP contribution is 2.03. The van der Waals surface area contributed by atoms with Crippen molar-refractivity contribution in [2.45, 2.75) is 18.5 Å². The Morgan fingerprint density at radius 2 is 2.14 bits per heavy atom. The van der Waals surface area contributed by atoms with E-state index in [1.807, 2.05) is 6.92 Å². The molecular weight excluding hydrogens is 124 g/mol. The van der Waals surface area contributed by atoms with Gasteiger partial charge in [-0.1, -0.05) is 6.92 Å². The Hall–Kier alpha value is 0.354. The largest absolute Gasteiger partial charge is 0.438 e. The lowest BCUT2D eigenvalue weighted by molar-refractivity contribution is 0.572. The monoisotopic (exact) mass is 136 g/mol. The van der Waals surface area contributed by atoms with E-state index in [1.165, 1.54) is 0 Å². The van der Waals surface area contributed by atoms with E-state index in [4.69, 9.17) is 9.59 Å². The molecule has 44 valence electrons. The molecule has 2 nitrogen and oxygen atoms in total. The fraction of sp³-hybridized carbons (Fsp3) is 1.00. The maximum atomic E-state index is 8.52. The van der Waals surface area contributed by atoms with E-state index in [2.05, 4.69) is 0 Å². The standard InChI is InChI=1S/C3H12O2Si2/c1-3(7-5)2-6-4/h3-5H,2,6-7H2,1H3. The molecule has 2 N–H and O–H groups in total. The zero-order valence-corrected chi connectivity index (χ0v) is 7.42. The highest BCUT2D eigenvalue weighted by atomic mass is 28.2. The molecule has 0 amide bonds. The van der Waals surface area contributed by atoms with Crippen molar-refractivity contribution < 1.29 is 9.59 Å². The summed E-state index contributed by atoms with van der Waals surface area (Å²) < 4.78 is 0. The molecule has 1 atom stereocenters. The number of hydrogen-bond donors (Lipinski definition) is 2. The van der Waals surface area contributed by atoms with Gasteiger partial charge in [0.15, 0.2) is 19.5 Å². The second-order valence-electron chi connectivity index (χ2n) is 1.80. The molecule has 0 radical (unpaired) electrons. The fourth-order valence-corrected chi connectivity index (χ4v) is 2.03. The third-order valence-electron chi connectivity index (χ3n) is 0.934. The Bertz CT molecular complexity index is 41.9. The summed E-state index contributed by atoms with van der Waals surface area (Å²) in [4.78, 5) is 16.9. The van der Waals surface area contributed by atoms with Crippen LogP contribution in [0, 0.1) is 0 Å². The number of hydrogen-bond acceptors (Lipinski definition) is 2. The van der Waals surface area contributed by atoms with Crippen LogP contribution in [0.1, 0.15) is 6.92 Å². The molecule has 0 saturated carbocycles. The summed E-state index contributed by atoms with van der Waals surface area (Å²) >= 11 is 0. The average molecular weight is 136 g/mol. The van der Waals surface area contributed by atoms with Gasteiger partial charge in [-0.25, -0.2) is 0 Å². The second-order valence-corrected chi connectivity index (χ2v) is 4.58. The van der Waals surface area contributed by atoms with E-state index in [9.17, 15) is 0 Å². The molecule has 0 heterocycles. The van der Waals surface area contributed by atoms with Gasteiger partial charge in [0, 0.05) is 0 Å². The van der Waals surface area contributed by atoms with Gasteiger partial charge in [-0.05, 0) is 11.6 Å². The van der Waals surface area contributed by atoms with Crippen molar-refractivity contribution in [3.05, 3.63) is 0 Å². The summed E-state index contributed by atoms with van der Waals surface area (Å²) in [7, 11) is -1.57. The minimum Gasteiger partial charge on any atom is -0.438 e. The molecule has 0 aromatic heterocycles. The van der Waals surface area contributed by atoms with Crippen LogP contribution >= 0.6 is 0 Å². The SMILES string of the molecule is CC(C[SiH2]O)[SiH2]O. The zero-order valence-electron chi connectivity index (χ0n) is 4.59. The van der Waals surface area contributed by atoms with Gasteiger partial charge in [-0.3, -0.25) is 0 Å². The van der Waals surface area contributed by atoms with Crippen LogP contribution in [-0.2, 0) is 0 Å². The Morgan fingerprint density at radius 1 is 1.57 bits per heavy atom. The Kier molecular flexibility index (Phi) is 4.74. The molecule has 0 saturated heterocycles. The summed E-state index contributed by atoms with van der Waals surface area (Å²) in [5.41, 5.74) is 0.455. The molecular formula is C3H12O2Si2. The van der Waals surface area contributed by atoms with Gasteiger partial charge in [0.1, 0.15) is 0 Å². The summed E-state index contributed by atoms with van der Waals surface area (Å²) in [6.07, 6.45) is 0.